The molecule has 1 fully saturated rings. The molecule has 1 aliphatic carbocycles. The van der Waals surface area contributed by atoms with E-state index < -0.39 is 8.24 Å². The van der Waals surface area contributed by atoms with Crippen LogP contribution in [0.3, 0.4) is 0 Å². The molecule has 2 aliphatic rings. The van der Waals surface area contributed by atoms with Crippen LogP contribution in [0.1, 0.15) is 29.9 Å². The summed E-state index contributed by atoms with van der Waals surface area (Å²) in [4.78, 5) is 17.8. The van der Waals surface area contributed by atoms with Crippen molar-refractivity contribution in [3.63, 3.8) is 0 Å². The van der Waals surface area contributed by atoms with Crippen molar-refractivity contribution in [2.45, 2.75) is 50.9 Å². The number of rotatable bonds is 8. The minimum Gasteiger partial charge on any atom is -0.374 e. The van der Waals surface area contributed by atoms with Crippen LogP contribution in [-0.2, 0) is 11.2 Å². The van der Waals surface area contributed by atoms with Gasteiger partial charge in [0.15, 0.2) is 8.24 Å². The van der Waals surface area contributed by atoms with E-state index in [9.17, 15) is 4.79 Å². The summed E-state index contributed by atoms with van der Waals surface area (Å²) in [6.07, 6.45) is 7.43. The van der Waals surface area contributed by atoms with Gasteiger partial charge < -0.3 is 14.4 Å². The highest BCUT2D eigenvalue weighted by atomic mass is 28.3. The summed E-state index contributed by atoms with van der Waals surface area (Å²) in [6, 6.07) is 7.28. The van der Waals surface area contributed by atoms with Crippen molar-refractivity contribution in [1.82, 2.24) is 19.3 Å². The normalized spacial score (nSPS) is 23.4. The first-order chi connectivity index (χ1) is 15.2. The monoisotopic (exact) mass is 452 g/mol. The van der Waals surface area contributed by atoms with Gasteiger partial charge in [-0.3, -0.25) is 9.69 Å². The Hall–Kier alpha value is -1.89. The van der Waals surface area contributed by atoms with E-state index in [2.05, 4.69) is 84.1 Å². The molecule has 3 atom stereocenters. The molecule has 174 valence electrons. The van der Waals surface area contributed by atoms with Crippen LogP contribution in [0, 0.1) is 5.92 Å². The molecule has 0 saturated carbocycles. The van der Waals surface area contributed by atoms with Crippen molar-refractivity contribution in [3.05, 3.63) is 48.2 Å². The van der Waals surface area contributed by atoms with Gasteiger partial charge in [0, 0.05) is 42.5 Å². The molecule has 0 bridgehead atoms. The van der Waals surface area contributed by atoms with Gasteiger partial charge >= 0.3 is 0 Å². The number of carbonyl (C=O) groups is 1. The SMILES string of the molecule is C=CCN1C[C@H](C(=O)NCCCN(C)C)C[C@@H]2c3cccc4c3c(cn4[Si](C)(C)C)C[C@H]21. The van der Waals surface area contributed by atoms with Gasteiger partial charge in [0.2, 0.25) is 5.91 Å². The zero-order valence-corrected chi connectivity index (χ0v) is 21.5. The standard InChI is InChI=1S/C26H40N4OSi/c1-7-13-29-17-20(26(31)27-12-9-14-28(2)3)15-22-21-10-8-11-23-25(21)19(16-24(22)29)18-30(23)32(4,5)6/h7-8,10-11,18,20,22,24H,1,9,12-17H2,2-6H3,(H,27,31)/t20-,22-,24-/m1/s1. The third kappa shape index (κ3) is 4.45. The van der Waals surface area contributed by atoms with Gasteiger partial charge in [-0.25, -0.2) is 0 Å². The Kier molecular flexibility index (Phi) is 6.66. The second-order valence-corrected chi connectivity index (χ2v) is 15.8. The number of carbonyl (C=O) groups excluding carboxylic acids is 1. The van der Waals surface area contributed by atoms with Crippen molar-refractivity contribution in [3.8, 4) is 0 Å². The van der Waals surface area contributed by atoms with E-state index in [1.54, 1.807) is 0 Å². The second kappa shape index (κ2) is 9.16. The molecular weight excluding hydrogens is 412 g/mol. The maximum absolute atomic E-state index is 13.1. The predicted molar refractivity (Wildman–Crippen MR) is 137 cm³/mol. The molecule has 5 nitrogen and oxygen atoms in total. The first-order valence-electron chi connectivity index (χ1n) is 12.1. The molecule has 1 N–H and O–H groups in total. The molecule has 0 spiro atoms. The zero-order valence-electron chi connectivity index (χ0n) is 20.5. The third-order valence-corrected chi connectivity index (χ3v) is 9.05. The lowest BCUT2D eigenvalue weighted by Gasteiger charge is -2.46. The van der Waals surface area contributed by atoms with Gasteiger partial charge in [0.05, 0.1) is 5.92 Å². The summed E-state index contributed by atoms with van der Waals surface area (Å²) in [5, 5.41) is 4.68. The molecule has 1 aromatic heterocycles. The van der Waals surface area contributed by atoms with Gasteiger partial charge in [0.25, 0.3) is 0 Å². The third-order valence-electron chi connectivity index (χ3n) is 7.23. The van der Waals surface area contributed by atoms with Gasteiger partial charge in [0.1, 0.15) is 0 Å². The summed E-state index contributed by atoms with van der Waals surface area (Å²) in [7, 11) is 2.64. The number of nitrogens with zero attached hydrogens (tertiary/aromatic N) is 3. The van der Waals surface area contributed by atoms with Crippen LogP contribution >= 0.6 is 0 Å². The maximum Gasteiger partial charge on any atom is 0.224 e. The number of amides is 1. The number of nitrogens with one attached hydrogen (secondary N) is 1. The molecule has 1 aromatic carbocycles. The van der Waals surface area contributed by atoms with Gasteiger partial charge in [-0.2, -0.15) is 0 Å². The van der Waals surface area contributed by atoms with Crippen molar-refractivity contribution in [2.75, 3.05) is 40.3 Å². The Labute approximate surface area is 194 Å². The molecule has 32 heavy (non-hydrogen) atoms. The maximum atomic E-state index is 13.1. The molecule has 2 heterocycles. The topological polar surface area (TPSA) is 40.5 Å². The molecular formula is C26H40N4OSi. The van der Waals surface area contributed by atoms with Crippen LogP contribution < -0.4 is 5.32 Å². The Morgan fingerprint density at radius 3 is 2.78 bits per heavy atom. The van der Waals surface area contributed by atoms with E-state index in [4.69, 9.17) is 0 Å². The minimum atomic E-state index is -1.51. The Morgan fingerprint density at radius 2 is 2.09 bits per heavy atom. The van der Waals surface area contributed by atoms with E-state index in [0.29, 0.717) is 12.0 Å². The Morgan fingerprint density at radius 1 is 1.31 bits per heavy atom. The largest absolute Gasteiger partial charge is 0.374 e. The van der Waals surface area contributed by atoms with Crippen LogP contribution in [0.2, 0.25) is 19.6 Å². The summed E-state index contributed by atoms with van der Waals surface area (Å²) < 4.78 is 2.57. The number of hydrogen-bond donors (Lipinski definition) is 1. The zero-order chi connectivity index (χ0) is 23.0. The van der Waals surface area contributed by atoms with Gasteiger partial charge in [-0.1, -0.05) is 37.8 Å². The van der Waals surface area contributed by atoms with Crippen molar-refractivity contribution in [1.29, 1.82) is 0 Å². The second-order valence-electron chi connectivity index (χ2n) is 10.9. The molecule has 1 saturated heterocycles. The molecule has 6 heteroatoms. The Bertz CT molecular complexity index is 990. The number of fused-ring (bicyclic) bond motifs is 2. The first-order valence-corrected chi connectivity index (χ1v) is 15.6. The van der Waals surface area contributed by atoms with E-state index in [1.807, 2.05) is 6.08 Å². The van der Waals surface area contributed by atoms with E-state index in [1.165, 1.54) is 22.0 Å². The highest BCUT2D eigenvalue weighted by Gasteiger charge is 2.42. The summed E-state index contributed by atoms with van der Waals surface area (Å²) in [5.74, 6) is 0.648. The molecule has 0 radical (unpaired) electrons. The quantitative estimate of drug-likeness (QED) is 0.375. The van der Waals surface area contributed by atoms with Crippen LogP contribution in [0.25, 0.3) is 10.9 Å². The van der Waals surface area contributed by atoms with Crippen LogP contribution in [0.5, 0.6) is 0 Å². The highest BCUT2D eigenvalue weighted by molar-refractivity contribution is 6.75. The smallest absolute Gasteiger partial charge is 0.224 e. The van der Waals surface area contributed by atoms with Crippen molar-refractivity contribution in [2.24, 2.45) is 5.92 Å². The van der Waals surface area contributed by atoms with Gasteiger partial charge in [-0.05, 0) is 63.3 Å². The number of likely N-dealkylation sites (tertiary alicyclic amines) is 1. The average Bonchev–Trinajstić information content (AvgIpc) is 3.12. The number of aromatic nitrogens is 1. The fraction of sp³-hybridized carbons (Fsp3) is 0.577. The highest BCUT2D eigenvalue weighted by Crippen LogP contribution is 2.45. The van der Waals surface area contributed by atoms with Crippen molar-refractivity contribution >= 4 is 25.0 Å². The first kappa shape index (κ1) is 23.3. The van der Waals surface area contributed by atoms with Gasteiger partial charge in [-0.15, -0.1) is 6.58 Å². The van der Waals surface area contributed by atoms with Crippen LogP contribution in [0.15, 0.2) is 37.1 Å². The fourth-order valence-electron chi connectivity index (χ4n) is 5.78. The molecule has 2 aromatic rings. The number of hydrogen-bond acceptors (Lipinski definition) is 3. The summed E-state index contributed by atoms with van der Waals surface area (Å²) >= 11 is 0. The minimum absolute atomic E-state index is 0.0337. The molecule has 0 unspecified atom stereocenters. The molecule has 1 amide bonds. The van der Waals surface area contributed by atoms with Crippen molar-refractivity contribution < 1.29 is 4.79 Å². The van der Waals surface area contributed by atoms with Crippen LogP contribution in [-0.4, -0.2) is 74.5 Å². The lowest BCUT2D eigenvalue weighted by Crippen LogP contribution is -2.53. The Balaban J connectivity index is 1.63. The number of piperidine rings is 1. The molecule has 1 aliphatic heterocycles. The van der Waals surface area contributed by atoms with Crippen LogP contribution in [0.4, 0.5) is 0 Å². The van der Waals surface area contributed by atoms with E-state index >= 15 is 0 Å². The van der Waals surface area contributed by atoms with E-state index in [0.717, 1.165) is 45.4 Å². The molecule has 4 rings (SSSR count). The average molecular weight is 453 g/mol. The summed E-state index contributed by atoms with van der Waals surface area (Å²) in [6.45, 7) is 14.7. The lowest BCUT2D eigenvalue weighted by molar-refractivity contribution is -0.127. The van der Waals surface area contributed by atoms with E-state index in [-0.39, 0.29) is 11.8 Å². The fourth-order valence-corrected chi connectivity index (χ4v) is 7.23. The number of benzene rings is 1. The lowest BCUT2D eigenvalue weighted by atomic mass is 9.72. The predicted octanol–water partition coefficient (Wildman–Crippen LogP) is 3.91. The summed E-state index contributed by atoms with van der Waals surface area (Å²) in [5.41, 5.74) is 4.32.